The Labute approximate surface area is 107 Å². The molecule has 0 aliphatic carbocycles. The highest BCUT2D eigenvalue weighted by molar-refractivity contribution is 5.95. The molecule has 2 N–H and O–H groups in total. The van der Waals surface area contributed by atoms with Gasteiger partial charge in [0.15, 0.2) is 5.69 Å². The van der Waals surface area contributed by atoms with E-state index in [-0.39, 0.29) is 23.4 Å². The predicted octanol–water partition coefficient (Wildman–Crippen LogP) is 1.00. The Morgan fingerprint density at radius 2 is 2.50 bits per heavy atom. The lowest BCUT2D eigenvalue weighted by molar-refractivity contribution is 0.0683. The van der Waals surface area contributed by atoms with Gasteiger partial charge in [0.25, 0.3) is 5.91 Å². The van der Waals surface area contributed by atoms with E-state index < -0.39 is 0 Å². The van der Waals surface area contributed by atoms with E-state index in [2.05, 4.69) is 10.3 Å². The SMILES string of the molecule is CCCN(C(=O)c1ncccc1O)C1CCNC1. The van der Waals surface area contributed by atoms with Gasteiger partial charge in [0.05, 0.1) is 0 Å². The van der Waals surface area contributed by atoms with E-state index >= 15 is 0 Å². The summed E-state index contributed by atoms with van der Waals surface area (Å²) in [6.45, 7) is 4.49. The highest BCUT2D eigenvalue weighted by Gasteiger charge is 2.28. The molecule has 1 aromatic heterocycles. The first-order valence-electron chi connectivity index (χ1n) is 6.39. The average molecular weight is 249 g/mol. The van der Waals surface area contributed by atoms with Crippen LogP contribution >= 0.6 is 0 Å². The largest absolute Gasteiger partial charge is 0.505 e. The second-order valence-corrected chi connectivity index (χ2v) is 4.52. The first-order valence-corrected chi connectivity index (χ1v) is 6.39. The van der Waals surface area contributed by atoms with Crippen molar-refractivity contribution in [1.29, 1.82) is 0 Å². The normalized spacial score (nSPS) is 18.8. The third-order valence-electron chi connectivity index (χ3n) is 3.19. The molecule has 98 valence electrons. The Kier molecular flexibility index (Phi) is 4.15. The molecule has 5 nitrogen and oxygen atoms in total. The number of hydrogen-bond donors (Lipinski definition) is 2. The molecule has 1 aromatic rings. The standard InChI is InChI=1S/C13H19N3O2/c1-2-8-16(10-5-7-14-9-10)13(18)12-11(17)4-3-6-15-12/h3-4,6,10,14,17H,2,5,7-9H2,1H3. The molecule has 0 saturated carbocycles. The van der Waals surface area contributed by atoms with Crippen molar-refractivity contribution in [3.63, 3.8) is 0 Å². The summed E-state index contributed by atoms with van der Waals surface area (Å²) in [7, 11) is 0. The molecule has 2 rings (SSSR count). The van der Waals surface area contributed by atoms with Crippen LogP contribution in [0.25, 0.3) is 0 Å². The molecule has 1 aliphatic heterocycles. The van der Waals surface area contributed by atoms with Gasteiger partial charge in [0, 0.05) is 25.3 Å². The predicted molar refractivity (Wildman–Crippen MR) is 68.5 cm³/mol. The highest BCUT2D eigenvalue weighted by Crippen LogP contribution is 2.18. The first-order chi connectivity index (χ1) is 8.74. The zero-order chi connectivity index (χ0) is 13.0. The lowest BCUT2D eigenvalue weighted by atomic mass is 10.2. The summed E-state index contributed by atoms with van der Waals surface area (Å²) >= 11 is 0. The molecule has 1 fully saturated rings. The monoisotopic (exact) mass is 249 g/mol. The molecule has 1 atom stereocenters. The summed E-state index contributed by atoms with van der Waals surface area (Å²) < 4.78 is 0. The maximum Gasteiger partial charge on any atom is 0.276 e. The maximum absolute atomic E-state index is 12.4. The number of amides is 1. The maximum atomic E-state index is 12.4. The molecule has 1 unspecified atom stereocenters. The minimum absolute atomic E-state index is 0.0467. The fraction of sp³-hybridized carbons (Fsp3) is 0.538. The summed E-state index contributed by atoms with van der Waals surface area (Å²) in [5, 5.41) is 13.0. The molecule has 0 aromatic carbocycles. The van der Waals surface area contributed by atoms with Gasteiger partial charge < -0.3 is 15.3 Å². The second-order valence-electron chi connectivity index (χ2n) is 4.52. The van der Waals surface area contributed by atoms with Gasteiger partial charge >= 0.3 is 0 Å². The topological polar surface area (TPSA) is 65.5 Å². The number of carbonyl (C=O) groups is 1. The minimum atomic E-state index is -0.177. The lowest BCUT2D eigenvalue weighted by Gasteiger charge is -2.28. The molecule has 1 aliphatic rings. The number of carbonyl (C=O) groups excluding carboxylic acids is 1. The van der Waals surface area contributed by atoms with Gasteiger partial charge in [-0.2, -0.15) is 0 Å². The van der Waals surface area contributed by atoms with Crippen LogP contribution in [-0.4, -0.2) is 46.6 Å². The Hall–Kier alpha value is -1.62. The quantitative estimate of drug-likeness (QED) is 0.835. The number of rotatable bonds is 4. The Morgan fingerprint density at radius 3 is 3.11 bits per heavy atom. The van der Waals surface area contributed by atoms with Crippen LogP contribution in [0, 0.1) is 0 Å². The van der Waals surface area contributed by atoms with Crippen molar-refractivity contribution in [2.24, 2.45) is 0 Å². The van der Waals surface area contributed by atoms with Gasteiger partial charge in [0.2, 0.25) is 0 Å². The average Bonchev–Trinajstić information content (AvgIpc) is 2.89. The van der Waals surface area contributed by atoms with E-state index in [0.29, 0.717) is 6.54 Å². The summed E-state index contributed by atoms with van der Waals surface area (Å²) in [4.78, 5) is 18.2. The van der Waals surface area contributed by atoms with Crippen molar-refractivity contribution < 1.29 is 9.90 Å². The van der Waals surface area contributed by atoms with Gasteiger partial charge in [-0.3, -0.25) is 4.79 Å². The molecule has 0 spiro atoms. The van der Waals surface area contributed by atoms with Gasteiger partial charge in [-0.15, -0.1) is 0 Å². The van der Waals surface area contributed by atoms with Gasteiger partial charge in [0.1, 0.15) is 5.75 Å². The fourth-order valence-electron chi connectivity index (χ4n) is 2.29. The van der Waals surface area contributed by atoms with E-state index in [9.17, 15) is 9.90 Å². The third-order valence-corrected chi connectivity index (χ3v) is 3.19. The smallest absolute Gasteiger partial charge is 0.276 e. The summed E-state index contributed by atoms with van der Waals surface area (Å²) in [6.07, 6.45) is 3.39. The van der Waals surface area contributed by atoms with Gasteiger partial charge in [-0.05, 0) is 31.5 Å². The zero-order valence-corrected chi connectivity index (χ0v) is 10.6. The second kappa shape index (κ2) is 5.82. The van der Waals surface area contributed by atoms with Crippen molar-refractivity contribution in [1.82, 2.24) is 15.2 Å². The van der Waals surface area contributed by atoms with Crippen LogP contribution in [0.5, 0.6) is 5.75 Å². The van der Waals surface area contributed by atoms with E-state index in [1.165, 1.54) is 12.3 Å². The van der Waals surface area contributed by atoms with E-state index in [0.717, 1.165) is 25.9 Å². The molecule has 1 amide bonds. The van der Waals surface area contributed by atoms with Gasteiger partial charge in [-0.1, -0.05) is 6.92 Å². The van der Waals surface area contributed by atoms with E-state index in [1.807, 2.05) is 11.8 Å². The fourth-order valence-corrected chi connectivity index (χ4v) is 2.29. The molecule has 2 heterocycles. The Balaban J connectivity index is 2.20. The number of nitrogens with one attached hydrogen (secondary N) is 1. The highest BCUT2D eigenvalue weighted by atomic mass is 16.3. The molecule has 0 radical (unpaired) electrons. The number of aromatic nitrogens is 1. The van der Waals surface area contributed by atoms with Crippen LogP contribution < -0.4 is 5.32 Å². The van der Waals surface area contributed by atoms with E-state index in [1.54, 1.807) is 6.07 Å². The first kappa shape index (κ1) is 12.8. The summed E-state index contributed by atoms with van der Waals surface area (Å²) in [6, 6.07) is 3.32. The number of hydrogen-bond acceptors (Lipinski definition) is 4. The lowest BCUT2D eigenvalue weighted by Crippen LogP contribution is -2.42. The van der Waals surface area contributed by atoms with Crippen molar-refractivity contribution in [3.05, 3.63) is 24.0 Å². The van der Waals surface area contributed by atoms with Crippen LogP contribution in [0.15, 0.2) is 18.3 Å². The molecule has 18 heavy (non-hydrogen) atoms. The summed E-state index contributed by atoms with van der Waals surface area (Å²) in [5.41, 5.74) is 0.151. The molecular weight excluding hydrogens is 230 g/mol. The minimum Gasteiger partial charge on any atom is -0.505 e. The van der Waals surface area contributed by atoms with Crippen molar-refractivity contribution in [2.75, 3.05) is 19.6 Å². The summed E-state index contributed by atoms with van der Waals surface area (Å²) in [5.74, 6) is -0.224. The van der Waals surface area contributed by atoms with Crippen LogP contribution in [0.2, 0.25) is 0 Å². The van der Waals surface area contributed by atoms with E-state index in [4.69, 9.17) is 0 Å². The molecular formula is C13H19N3O2. The number of pyridine rings is 1. The van der Waals surface area contributed by atoms with Crippen LogP contribution in [0.3, 0.4) is 0 Å². The van der Waals surface area contributed by atoms with Crippen LogP contribution in [-0.2, 0) is 0 Å². The zero-order valence-electron chi connectivity index (χ0n) is 10.6. The van der Waals surface area contributed by atoms with Crippen LogP contribution in [0.4, 0.5) is 0 Å². The van der Waals surface area contributed by atoms with Crippen molar-refractivity contribution >= 4 is 5.91 Å². The third kappa shape index (κ3) is 2.61. The van der Waals surface area contributed by atoms with Gasteiger partial charge in [-0.25, -0.2) is 4.98 Å². The van der Waals surface area contributed by atoms with Crippen LogP contribution in [0.1, 0.15) is 30.3 Å². The molecule has 1 saturated heterocycles. The van der Waals surface area contributed by atoms with Crippen molar-refractivity contribution in [3.8, 4) is 5.75 Å². The number of aromatic hydroxyl groups is 1. The number of nitrogens with zero attached hydrogens (tertiary/aromatic N) is 2. The molecule has 5 heteroatoms. The van der Waals surface area contributed by atoms with Crippen molar-refractivity contribution in [2.45, 2.75) is 25.8 Å². The Morgan fingerprint density at radius 1 is 1.67 bits per heavy atom. The Bertz CT molecular complexity index is 416. The molecule has 0 bridgehead atoms.